The quantitative estimate of drug-likeness (QED) is 0.555. The minimum atomic E-state index is -4.69. The maximum absolute atomic E-state index is 11.6. The Morgan fingerprint density at radius 3 is 2.32 bits per heavy atom. The molecule has 108 valence electrons. The number of carbonyl (C=O) groups is 3. The number of rotatable bonds is 5. The average Bonchev–Trinajstić information content (AvgIpc) is 2.58. The molecule has 1 N–H and O–H groups in total. The van der Waals surface area contributed by atoms with Gasteiger partial charge in [0, 0.05) is 0 Å². The summed E-state index contributed by atoms with van der Waals surface area (Å²) in [6.45, 7) is 3.48. The second-order valence-corrected chi connectivity index (χ2v) is 5.76. The van der Waals surface area contributed by atoms with Crippen molar-refractivity contribution >= 4 is 27.9 Å². The van der Waals surface area contributed by atoms with E-state index in [1.807, 2.05) is 0 Å². The van der Waals surface area contributed by atoms with Gasteiger partial charge < -0.3 is 4.84 Å². The van der Waals surface area contributed by atoms with Gasteiger partial charge in [-0.3, -0.25) is 14.1 Å². The van der Waals surface area contributed by atoms with Crippen LogP contribution in [0.25, 0.3) is 0 Å². The first kappa shape index (κ1) is 15.6. The summed E-state index contributed by atoms with van der Waals surface area (Å²) in [5.41, 5.74) is 0. The van der Waals surface area contributed by atoms with Crippen LogP contribution < -0.4 is 0 Å². The van der Waals surface area contributed by atoms with Gasteiger partial charge in [0.05, 0.1) is 12.3 Å². The predicted octanol–water partition coefficient (Wildman–Crippen LogP) is -0.104. The van der Waals surface area contributed by atoms with Crippen molar-refractivity contribution in [3.63, 3.8) is 0 Å². The van der Waals surface area contributed by atoms with E-state index in [4.69, 9.17) is 4.55 Å². The zero-order valence-electron chi connectivity index (χ0n) is 10.5. The van der Waals surface area contributed by atoms with Gasteiger partial charge in [0.25, 0.3) is 21.9 Å². The fourth-order valence-corrected chi connectivity index (χ4v) is 2.40. The Morgan fingerprint density at radius 1 is 1.42 bits per heavy atom. The van der Waals surface area contributed by atoms with Crippen molar-refractivity contribution in [1.29, 1.82) is 0 Å². The smallest absolute Gasteiger partial charge is 0.330 e. The topological polar surface area (TPSA) is 118 Å². The minimum absolute atomic E-state index is 0.124. The number of amides is 2. The van der Waals surface area contributed by atoms with Crippen molar-refractivity contribution in [1.82, 2.24) is 5.06 Å². The van der Waals surface area contributed by atoms with Gasteiger partial charge in [-0.2, -0.15) is 8.42 Å². The van der Waals surface area contributed by atoms with Crippen LogP contribution >= 0.6 is 0 Å². The summed E-state index contributed by atoms with van der Waals surface area (Å²) in [5.74, 6) is -3.47. The fourth-order valence-electron chi connectivity index (χ4n) is 1.70. The molecule has 1 atom stereocenters. The van der Waals surface area contributed by atoms with Crippen molar-refractivity contribution < 1.29 is 32.2 Å². The van der Waals surface area contributed by atoms with Crippen LogP contribution in [-0.4, -0.2) is 41.1 Å². The van der Waals surface area contributed by atoms with Crippen molar-refractivity contribution in [3.05, 3.63) is 0 Å². The molecule has 8 nitrogen and oxygen atoms in total. The molecule has 19 heavy (non-hydrogen) atoms. The first-order valence-corrected chi connectivity index (χ1v) is 7.27. The van der Waals surface area contributed by atoms with Crippen LogP contribution in [-0.2, 0) is 29.3 Å². The van der Waals surface area contributed by atoms with E-state index < -0.39 is 45.5 Å². The van der Waals surface area contributed by atoms with Crippen LogP contribution in [0.3, 0.4) is 0 Å². The molecule has 0 aliphatic carbocycles. The van der Waals surface area contributed by atoms with Gasteiger partial charge in [-0.15, -0.1) is 5.06 Å². The number of hydrogen-bond acceptors (Lipinski definition) is 6. The van der Waals surface area contributed by atoms with Crippen LogP contribution in [0.5, 0.6) is 0 Å². The molecule has 1 fully saturated rings. The van der Waals surface area contributed by atoms with E-state index in [9.17, 15) is 22.8 Å². The van der Waals surface area contributed by atoms with Crippen molar-refractivity contribution in [2.75, 3.05) is 0 Å². The third-order valence-corrected chi connectivity index (χ3v) is 4.01. The average molecular weight is 293 g/mol. The van der Waals surface area contributed by atoms with E-state index in [1.54, 1.807) is 13.8 Å². The zero-order valence-corrected chi connectivity index (χ0v) is 11.3. The van der Waals surface area contributed by atoms with E-state index in [2.05, 4.69) is 4.84 Å². The third kappa shape index (κ3) is 3.29. The zero-order chi connectivity index (χ0) is 14.8. The van der Waals surface area contributed by atoms with Crippen LogP contribution in [0.4, 0.5) is 0 Å². The molecule has 0 bridgehead atoms. The van der Waals surface area contributed by atoms with Crippen LogP contribution in [0.2, 0.25) is 0 Å². The summed E-state index contributed by atoms with van der Waals surface area (Å²) < 4.78 is 30.6. The van der Waals surface area contributed by atoms with Crippen molar-refractivity contribution in [3.8, 4) is 0 Å². The SMILES string of the molecule is CCC(CC)C(=O)ON1C(=O)CC(S(=O)(=O)O)C1=O. The van der Waals surface area contributed by atoms with Gasteiger partial charge >= 0.3 is 5.97 Å². The summed E-state index contributed by atoms with van der Waals surface area (Å²) >= 11 is 0. The minimum Gasteiger partial charge on any atom is -0.330 e. The highest BCUT2D eigenvalue weighted by Crippen LogP contribution is 2.21. The highest BCUT2D eigenvalue weighted by molar-refractivity contribution is 7.87. The summed E-state index contributed by atoms with van der Waals surface area (Å²) in [6.07, 6.45) is 0.203. The van der Waals surface area contributed by atoms with Gasteiger partial charge in [-0.05, 0) is 12.8 Å². The summed E-state index contributed by atoms with van der Waals surface area (Å²) in [4.78, 5) is 39.3. The lowest BCUT2D eigenvalue weighted by atomic mass is 10.0. The van der Waals surface area contributed by atoms with Gasteiger partial charge in [-0.25, -0.2) is 4.79 Å². The maximum atomic E-state index is 11.6. The summed E-state index contributed by atoms with van der Waals surface area (Å²) in [6, 6.07) is 0. The maximum Gasteiger partial charge on any atom is 0.336 e. The second kappa shape index (κ2) is 5.66. The molecule has 0 aromatic heterocycles. The van der Waals surface area contributed by atoms with E-state index in [0.717, 1.165) is 0 Å². The lowest BCUT2D eigenvalue weighted by Crippen LogP contribution is -2.38. The van der Waals surface area contributed by atoms with Crippen LogP contribution in [0.15, 0.2) is 0 Å². The molecule has 1 heterocycles. The fraction of sp³-hybridized carbons (Fsp3) is 0.700. The van der Waals surface area contributed by atoms with Gasteiger partial charge in [-0.1, -0.05) is 13.8 Å². The Hall–Kier alpha value is -1.48. The number of hydroxylamine groups is 2. The molecule has 9 heteroatoms. The molecule has 1 aliphatic rings. The molecule has 0 spiro atoms. The van der Waals surface area contributed by atoms with Gasteiger partial charge in [0.15, 0.2) is 5.25 Å². The molecule has 1 aliphatic heterocycles. The molecule has 1 unspecified atom stereocenters. The Labute approximate surface area is 110 Å². The predicted molar refractivity (Wildman–Crippen MR) is 62.0 cm³/mol. The van der Waals surface area contributed by atoms with Crippen LogP contribution in [0, 0.1) is 5.92 Å². The molecule has 0 radical (unpaired) electrons. The third-order valence-electron chi connectivity index (χ3n) is 2.92. The Bertz CT molecular complexity index is 494. The van der Waals surface area contributed by atoms with Crippen molar-refractivity contribution in [2.24, 2.45) is 5.92 Å². The highest BCUT2D eigenvalue weighted by Gasteiger charge is 2.48. The Balaban J connectivity index is 2.83. The van der Waals surface area contributed by atoms with Crippen molar-refractivity contribution in [2.45, 2.75) is 38.4 Å². The summed E-state index contributed by atoms with van der Waals surface area (Å²) in [5, 5.41) is -1.77. The number of imide groups is 1. The highest BCUT2D eigenvalue weighted by atomic mass is 32.2. The van der Waals surface area contributed by atoms with E-state index >= 15 is 0 Å². The van der Waals surface area contributed by atoms with Gasteiger partial charge in [0.1, 0.15) is 0 Å². The largest absolute Gasteiger partial charge is 0.336 e. The van der Waals surface area contributed by atoms with E-state index in [1.165, 1.54) is 0 Å². The Morgan fingerprint density at radius 2 is 1.95 bits per heavy atom. The summed E-state index contributed by atoms with van der Waals surface area (Å²) in [7, 11) is -4.69. The molecule has 0 aromatic rings. The first-order valence-electron chi connectivity index (χ1n) is 5.77. The number of hydrogen-bond donors (Lipinski definition) is 1. The molecule has 0 aromatic carbocycles. The molecular weight excluding hydrogens is 278 g/mol. The molecule has 1 rings (SSSR count). The standard InChI is InChI=1S/C10H15NO7S/c1-3-6(4-2)10(14)18-11-8(12)5-7(9(11)13)19(15,16)17/h6-7H,3-5H2,1-2H3,(H,15,16,17). The lowest BCUT2D eigenvalue weighted by molar-refractivity contribution is -0.200. The van der Waals surface area contributed by atoms with Crippen LogP contribution in [0.1, 0.15) is 33.1 Å². The molecule has 0 saturated carbocycles. The van der Waals surface area contributed by atoms with Gasteiger partial charge in [0.2, 0.25) is 0 Å². The van der Waals surface area contributed by atoms with E-state index in [-0.39, 0.29) is 5.06 Å². The molecular formula is C10H15NO7S. The lowest BCUT2D eigenvalue weighted by Gasteiger charge is -2.17. The first-order chi connectivity index (χ1) is 8.72. The molecule has 1 saturated heterocycles. The normalized spacial score (nSPS) is 20.2. The number of nitrogens with zero attached hydrogens (tertiary/aromatic N) is 1. The monoisotopic (exact) mass is 293 g/mol. The Kier molecular flexibility index (Phi) is 4.64. The number of carbonyl (C=O) groups excluding carboxylic acids is 3. The second-order valence-electron chi connectivity index (χ2n) is 4.16. The van der Waals surface area contributed by atoms with E-state index in [0.29, 0.717) is 12.8 Å². The molecule has 2 amide bonds.